The molecule has 0 aliphatic heterocycles. The summed E-state index contributed by atoms with van der Waals surface area (Å²) in [6, 6.07) is 2.59. The van der Waals surface area contributed by atoms with Gasteiger partial charge in [-0.05, 0) is 37.3 Å². The quantitative estimate of drug-likeness (QED) is 0.850. The van der Waals surface area contributed by atoms with Gasteiger partial charge in [-0.1, -0.05) is 26.7 Å². The molecule has 2 rings (SSSR count). The molecule has 3 heteroatoms. The van der Waals surface area contributed by atoms with E-state index in [9.17, 15) is 0 Å². The summed E-state index contributed by atoms with van der Waals surface area (Å²) in [6.07, 6.45) is 8.62. The predicted molar refractivity (Wildman–Crippen MR) is 70.8 cm³/mol. The highest BCUT2D eigenvalue weighted by molar-refractivity contribution is 5.11. The van der Waals surface area contributed by atoms with Crippen LogP contribution in [0.1, 0.15) is 57.7 Å². The van der Waals surface area contributed by atoms with Gasteiger partial charge in [0.05, 0.1) is 11.7 Å². The fraction of sp³-hybridized carbons (Fsp3) is 0.786. The zero-order valence-corrected chi connectivity index (χ0v) is 11.4. The first-order valence-corrected chi connectivity index (χ1v) is 6.88. The Morgan fingerprint density at radius 1 is 1.47 bits per heavy atom. The molecular weight excluding hydrogens is 210 g/mol. The molecule has 1 N–H and O–H groups in total. The second-order valence-corrected chi connectivity index (χ2v) is 5.66. The molecule has 0 radical (unpaired) electrons. The molecule has 0 saturated heterocycles. The SMILES string of the molecule is CCCNC(c1ccn(C)n1)C1(C)CCCC1. The smallest absolute Gasteiger partial charge is 0.0799 e. The van der Waals surface area contributed by atoms with Crippen LogP contribution in [0, 0.1) is 5.41 Å². The van der Waals surface area contributed by atoms with Gasteiger partial charge in [0, 0.05) is 13.2 Å². The molecule has 1 saturated carbocycles. The first-order valence-electron chi connectivity index (χ1n) is 6.88. The van der Waals surface area contributed by atoms with Crippen molar-refractivity contribution in [2.45, 2.75) is 52.0 Å². The van der Waals surface area contributed by atoms with E-state index in [0.29, 0.717) is 11.5 Å². The van der Waals surface area contributed by atoms with E-state index in [0.717, 1.165) is 6.54 Å². The third kappa shape index (κ3) is 2.71. The lowest BCUT2D eigenvalue weighted by molar-refractivity contribution is 0.218. The Morgan fingerprint density at radius 2 is 2.18 bits per heavy atom. The number of hydrogen-bond donors (Lipinski definition) is 1. The van der Waals surface area contributed by atoms with Gasteiger partial charge >= 0.3 is 0 Å². The van der Waals surface area contributed by atoms with E-state index in [2.05, 4.69) is 30.3 Å². The number of aromatic nitrogens is 2. The van der Waals surface area contributed by atoms with Crippen LogP contribution in [0.15, 0.2) is 12.3 Å². The van der Waals surface area contributed by atoms with E-state index in [1.54, 1.807) is 0 Å². The molecule has 1 heterocycles. The third-order valence-electron chi connectivity index (χ3n) is 4.07. The van der Waals surface area contributed by atoms with E-state index in [1.165, 1.54) is 37.8 Å². The van der Waals surface area contributed by atoms with Gasteiger partial charge in [-0.2, -0.15) is 5.10 Å². The number of nitrogens with one attached hydrogen (secondary N) is 1. The first-order chi connectivity index (χ1) is 8.15. The number of nitrogens with zero attached hydrogens (tertiary/aromatic N) is 2. The van der Waals surface area contributed by atoms with Crippen molar-refractivity contribution >= 4 is 0 Å². The zero-order valence-electron chi connectivity index (χ0n) is 11.4. The molecular formula is C14H25N3. The molecule has 3 nitrogen and oxygen atoms in total. The van der Waals surface area contributed by atoms with Gasteiger partial charge in [0.25, 0.3) is 0 Å². The van der Waals surface area contributed by atoms with Crippen LogP contribution < -0.4 is 5.32 Å². The van der Waals surface area contributed by atoms with Crippen LogP contribution in [0.2, 0.25) is 0 Å². The van der Waals surface area contributed by atoms with Crippen LogP contribution >= 0.6 is 0 Å². The van der Waals surface area contributed by atoms with Gasteiger partial charge in [-0.15, -0.1) is 0 Å². The van der Waals surface area contributed by atoms with E-state index in [-0.39, 0.29) is 0 Å². The molecule has 0 amide bonds. The van der Waals surface area contributed by atoms with Crippen LogP contribution in [-0.2, 0) is 7.05 Å². The standard InChI is InChI=1S/C14H25N3/c1-4-10-15-13(12-7-11-17(3)16-12)14(2)8-5-6-9-14/h7,11,13,15H,4-6,8-10H2,1-3H3. The molecule has 1 fully saturated rings. The van der Waals surface area contributed by atoms with Crippen molar-refractivity contribution in [3.63, 3.8) is 0 Å². The van der Waals surface area contributed by atoms with Gasteiger partial charge in [0.1, 0.15) is 0 Å². The van der Waals surface area contributed by atoms with E-state index < -0.39 is 0 Å². The molecule has 96 valence electrons. The Balaban J connectivity index is 2.18. The van der Waals surface area contributed by atoms with Crippen LogP contribution in [-0.4, -0.2) is 16.3 Å². The summed E-state index contributed by atoms with van der Waals surface area (Å²) < 4.78 is 1.91. The van der Waals surface area contributed by atoms with Crippen molar-refractivity contribution < 1.29 is 0 Å². The van der Waals surface area contributed by atoms with Gasteiger partial charge in [-0.3, -0.25) is 4.68 Å². The maximum Gasteiger partial charge on any atom is 0.0799 e. The van der Waals surface area contributed by atoms with Crippen molar-refractivity contribution in [2.24, 2.45) is 12.5 Å². The second-order valence-electron chi connectivity index (χ2n) is 5.66. The highest BCUT2D eigenvalue weighted by atomic mass is 15.3. The Hall–Kier alpha value is -0.830. The Labute approximate surface area is 105 Å². The first kappa shape index (κ1) is 12.6. The number of rotatable bonds is 5. The highest BCUT2D eigenvalue weighted by Gasteiger charge is 2.38. The lowest BCUT2D eigenvalue weighted by atomic mass is 9.79. The molecule has 1 atom stereocenters. The Bertz CT molecular complexity index is 350. The summed E-state index contributed by atoms with van der Waals surface area (Å²) in [5, 5.41) is 8.31. The van der Waals surface area contributed by atoms with Crippen molar-refractivity contribution in [2.75, 3.05) is 6.54 Å². The van der Waals surface area contributed by atoms with Gasteiger partial charge < -0.3 is 5.32 Å². The molecule has 1 aromatic rings. The molecule has 1 unspecified atom stereocenters. The number of aryl methyl sites for hydroxylation is 1. The van der Waals surface area contributed by atoms with E-state index >= 15 is 0 Å². The predicted octanol–water partition coefficient (Wildman–Crippen LogP) is 3.04. The summed E-state index contributed by atoms with van der Waals surface area (Å²) >= 11 is 0. The largest absolute Gasteiger partial charge is 0.308 e. The van der Waals surface area contributed by atoms with Crippen LogP contribution in [0.5, 0.6) is 0 Å². The third-order valence-corrected chi connectivity index (χ3v) is 4.07. The minimum absolute atomic E-state index is 0.392. The lowest BCUT2D eigenvalue weighted by Crippen LogP contribution is -2.35. The lowest BCUT2D eigenvalue weighted by Gasteiger charge is -2.33. The highest BCUT2D eigenvalue weighted by Crippen LogP contribution is 2.46. The summed E-state index contributed by atoms with van der Waals surface area (Å²) in [6.45, 7) is 5.72. The maximum atomic E-state index is 4.61. The van der Waals surface area contributed by atoms with Crippen LogP contribution in [0.4, 0.5) is 0 Å². The molecule has 1 aromatic heterocycles. The Morgan fingerprint density at radius 3 is 2.71 bits per heavy atom. The number of hydrogen-bond acceptors (Lipinski definition) is 2. The molecule has 0 bridgehead atoms. The molecule has 17 heavy (non-hydrogen) atoms. The minimum Gasteiger partial charge on any atom is -0.308 e. The van der Waals surface area contributed by atoms with Gasteiger partial charge in [0.15, 0.2) is 0 Å². The van der Waals surface area contributed by atoms with Crippen molar-refractivity contribution in [3.05, 3.63) is 18.0 Å². The molecule has 1 aliphatic carbocycles. The summed E-state index contributed by atoms with van der Waals surface area (Å²) in [5.74, 6) is 0. The average Bonchev–Trinajstić information content (AvgIpc) is 2.89. The molecule has 1 aliphatic rings. The van der Waals surface area contributed by atoms with E-state index in [1.807, 2.05) is 17.9 Å². The second kappa shape index (κ2) is 5.21. The fourth-order valence-corrected chi connectivity index (χ4v) is 3.06. The van der Waals surface area contributed by atoms with Crippen molar-refractivity contribution in [3.8, 4) is 0 Å². The minimum atomic E-state index is 0.392. The summed E-state index contributed by atoms with van der Waals surface area (Å²) in [5.41, 5.74) is 1.61. The summed E-state index contributed by atoms with van der Waals surface area (Å²) in [7, 11) is 2.00. The molecule has 0 aromatic carbocycles. The zero-order chi connectivity index (χ0) is 12.3. The van der Waals surface area contributed by atoms with Crippen LogP contribution in [0.25, 0.3) is 0 Å². The normalized spacial score (nSPS) is 20.6. The van der Waals surface area contributed by atoms with Crippen LogP contribution in [0.3, 0.4) is 0 Å². The van der Waals surface area contributed by atoms with Crippen molar-refractivity contribution in [1.82, 2.24) is 15.1 Å². The summed E-state index contributed by atoms with van der Waals surface area (Å²) in [4.78, 5) is 0. The monoisotopic (exact) mass is 235 g/mol. The topological polar surface area (TPSA) is 29.9 Å². The van der Waals surface area contributed by atoms with Gasteiger partial charge in [-0.25, -0.2) is 0 Å². The maximum absolute atomic E-state index is 4.61. The van der Waals surface area contributed by atoms with E-state index in [4.69, 9.17) is 0 Å². The van der Waals surface area contributed by atoms with Crippen molar-refractivity contribution in [1.29, 1.82) is 0 Å². The average molecular weight is 235 g/mol. The Kier molecular flexibility index (Phi) is 3.87. The molecule has 0 spiro atoms. The van der Waals surface area contributed by atoms with Gasteiger partial charge in [0.2, 0.25) is 0 Å². The fourth-order valence-electron chi connectivity index (χ4n) is 3.06.